The van der Waals surface area contributed by atoms with E-state index in [9.17, 15) is 5.53 Å². The van der Waals surface area contributed by atoms with Crippen LogP contribution in [-0.2, 0) is 16.5 Å². The summed E-state index contributed by atoms with van der Waals surface area (Å²) in [6, 6.07) is 13.3. The van der Waals surface area contributed by atoms with Gasteiger partial charge in [-0.3, -0.25) is 0 Å². The van der Waals surface area contributed by atoms with Crippen LogP contribution < -0.4 is 0 Å². The van der Waals surface area contributed by atoms with Gasteiger partial charge in [-0.1, -0.05) is 73.9 Å². The average Bonchev–Trinajstić information content (AvgIpc) is 2.99. The first kappa shape index (κ1) is 27.3. The average molecular weight is 487 g/mol. The minimum absolute atomic E-state index is 0. The molecule has 0 radical (unpaired) electrons. The molecule has 1 aliphatic heterocycles. The van der Waals surface area contributed by atoms with Gasteiger partial charge in [0.05, 0.1) is 0 Å². The monoisotopic (exact) mass is 486 g/mol. The molecule has 0 bridgehead atoms. The van der Waals surface area contributed by atoms with Gasteiger partial charge in [0.2, 0.25) is 11.4 Å². The Morgan fingerprint density at radius 3 is 1.36 bits per heavy atom. The Morgan fingerprint density at radius 2 is 0.970 bits per heavy atom. The molecule has 0 spiro atoms. The van der Waals surface area contributed by atoms with Crippen LogP contribution in [0.25, 0.3) is 16.9 Å². The molecule has 3 rings (SSSR count). The third-order valence-electron chi connectivity index (χ3n) is 6.41. The Labute approximate surface area is 211 Å². The summed E-state index contributed by atoms with van der Waals surface area (Å²) in [5.74, 6) is 0. The van der Waals surface area contributed by atoms with Gasteiger partial charge in [-0.25, -0.2) is 4.70 Å². The van der Waals surface area contributed by atoms with Gasteiger partial charge < -0.3 is 5.53 Å². The van der Waals surface area contributed by atoms with E-state index < -0.39 is 0 Å². The van der Waals surface area contributed by atoms with E-state index in [1.54, 1.807) is 0 Å². The molecule has 1 heterocycles. The van der Waals surface area contributed by atoms with Crippen molar-refractivity contribution in [1.29, 1.82) is 0 Å². The van der Waals surface area contributed by atoms with Crippen LogP contribution >= 0.6 is 0 Å². The topological polar surface area (TPSA) is 25.3 Å². The fourth-order valence-electron chi connectivity index (χ4n) is 5.09. The van der Waals surface area contributed by atoms with E-state index in [-0.39, 0.29) is 16.5 Å². The second-order valence-corrected chi connectivity index (χ2v) is 9.63. The summed E-state index contributed by atoms with van der Waals surface area (Å²) in [5, 5.41) is 0. The van der Waals surface area contributed by atoms with Crippen molar-refractivity contribution < 1.29 is 21.2 Å². The van der Waals surface area contributed by atoms with Crippen LogP contribution in [0.3, 0.4) is 0 Å². The zero-order chi connectivity index (χ0) is 23.3. The maximum atomic E-state index is 11.7. The first-order valence-corrected chi connectivity index (χ1v) is 12.5. The molecule has 3 heteroatoms. The van der Waals surface area contributed by atoms with E-state index in [4.69, 9.17) is 0 Å². The molecule has 2 aromatic rings. The first-order valence-electron chi connectivity index (χ1n) is 12.5. The molecule has 2 nitrogen and oxygen atoms in total. The predicted molar refractivity (Wildman–Crippen MR) is 138 cm³/mol. The number of hydrogen-bond donors (Lipinski definition) is 0. The number of allylic oxidation sites excluding steroid dienone is 2. The molecule has 0 amide bonds. The van der Waals surface area contributed by atoms with Crippen molar-refractivity contribution in [1.82, 2.24) is 0 Å². The molecule has 0 N–H and O–H groups in total. The molecule has 180 valence electrons. The Hall–Kier alpha value is -1.99. The minimum atomic E-state index is 0. The molecule has 33 heavy (non-hydrogen) atoms. The molecule has 0 aromatic heterocycles. The third kappa shape index (κ3) is 6.54. The van der Waals surface area contributed by atoms with Crippen molar-refractivity contribution >= 4 is 11.4 Å². The summed E-state index contributed by atoms with van der Waals surface area (Å²) in [6.45, 7) is 13.1. The summed E-state index contributed by atoms with van der Waals surface area (Å²) in [6.07, 6.45) is 9.23. The van der Waals surface area contributed by atoms with Crippen LogP contribution in [-0.4, -0.2) is 4.70 Å². The summed E-state index contributed by atoms with van der Waals surface area (Å²) in [4.78, 5) is 0. The van der Waals surface area contributed by atoms with Crippen LogP contribution in [0, 0.1) is 27.7 Å². The Bertz CT molecular complexity index is 1020. The maximum Gasteiger partial charge on any atom is 0.211 e. The molecule has 0 saturated heterocycles. The smallest absolute Gasteiger partial charge is 0.211 e. The van der Waals surface area contributed by atoms with Gasteiger partial charge >= 0.3 is 0 Å². The SMILES string of the molecule is CCCCCCC1=C(c2cc(C)cc(C)c2)[N+](=[N-])C(c2cc(C)cc(C)c2)=C1CCCC.[Ni]. The molecule has 0 saturated carbocycles. The van der Waals surface area contributed by atoms with Gasteiger partial charge in [-0.05, 0) is 77.6 Å². The number of aryl methyl sites for hydroxylation is 4. The molecular formula is C30H40N2Ni. The normalized spacial score (nSPS) is 13.7. The predicted octanol–water partition coefficient (Wildman–Crippen LogP) is 9.25. The van der Waals surface area contributed by atoms with Crippen molar-refractivity contribution in [3.05, 3.63) is 86.5 Å². The number of benzene rings is 2. The van der Waals surface area contributed by atoms with Crippen molar-refractivity contribution in [2.24, 2.45) is 0 Å². The van der Waals surface area contributed by atoms with Crippen LogP contribution in [0.4, 0.5) is 0 Å². The largest absolute Gasteiger partial charge is 0.493 e. The van der Waals surface area contributed by atoms with E-state index >= 15 is 0 Å². The van der Waals surface area contributed by atoms with Crippen LogP contribution in [0.5, 0.6) is 0 Å². The molecule has 0 aliphatic carbocycles. The number of nitrogens with zero attached hydrogens (tertiary/aromatic N) is 2. The molecule has 0 fully saturated rings. The van der Waals surface area contributed by atoms with Crippen molar-refractivity contribution in [2.45, 2.75) is 92.9 Å². The van der Waals surface area contributed by atoms with Crippen molar-refractivity contribution in [2.75, 3.05) is 0 Å². The molecule has 0 atom stereocenters. The van der Waals surface area contributed by atoms with E-state index in [0.29, 0.717) is 0 Å². The van der Waals surface area contributed by atoms with E-state index in [2.05, 4.69) is 77.9 Å². The minimum Gasteiger partial charge on any atom is -0.493 e. The Morgan fingerprint density at radius 1 is 0.576 bits per heavy atom. The summed E-state index contributed by atoms with van der Waals surface area (Å²) in [7, 11) is 0. The summed E-state index contributed by atoms with van der Waals surface area (Å²) in [5.41, 5.74) is 23.5. The Balaban J connectivity index is 0.00000385. The van der Waals surface area contributed by atoms with Crippen LogP contribution in [0.15, 0.2) is 47.5 Å². The van der Waals surface area contributed by atoms with Gasteiger partial charge in [-0.15, -0.1) is 0 Å². The quantitative estimate of drug-likeness (QED) is 0.181. The number of unbranched alkanes of at least 4 members (excludes halogenated alkanes) is 4. The maximum absolute atomic E-state index is 11.7. The second kappa shape index (κ2) is 12.5. The molecule has 0 unspecified atom stereocenters. The van der Waals surface area contributed by atoms with Gasteiger partial charge in [0, 0.05) is 38.8 Å². The van der Waals surface area contributed by atoms with Gasteiger partial charge in [0.15, 0.2) is 0 Å². The number of hydrogen-bond acceptors (Lipinski definition) is 0. The summed E-state index contributed by atoms with van der Waals surface area (Å²) < 4.78 is 1.52. The number of rotatable bonds is 10. The van der Waals surface area contributed by atoms with Gasteiger partial charge in [-0.2, -0.15) is 0 Å². The van der Waals surface area contributed by atoms with Crippen molar-refractivity contribution in [3.8, 4) is 0 Å². The third-order valence-corrected chi connectivity index (χ3v) is 6.41. The fourth-order valence-corrected chi connectivity index (χ4v) is 5.09. The fraction of sp³-hybridized carbons (Fsp3) is 0.467. The van der Waals surface area contributed by atoms with Gasteiger partial charge in [0.25, 0.3) is 0 Å². The zero-order valence-corrected chi connectivity index (χ0v) is 22.3. The molecule has 1 aliphatic rings. The van der Waals surface area contributed by atoms with Crippen molar-refractivity contribution in [3.63, 3.8) is 0 Å². The zero-order valence-electron chi connectivity index (χ0n) is 21.3. The second-order valence-electron chi connectivity index (χ2n) is 9.63. The van der Waals surface area contributed by atoms with Crippen LogP contribution in [0.2, 0.25) is 0 Å². The van der Waals surface area contributed by atoms with E-state index in [1.807, 2.05) is 0 Å². The van der Waals surface area contributed by atoms with E-state index in [0.717, 1.165) is 48.2 Å². The Kier molecular flexibility index (Phi) is 10.3. The van der Waals surface area contributed by atoms with Gasteiger partial charge in [0.1, 0.15) is 0 Å². The van der Waals surface area contributed by atoms with E-state index in [1.165, 1.54) is 63.8 Å². The van der Waals surface area contributed by atoms with Crippen LogP contribution in [0.1, 0.15) is 98.6 Å². The first-order chi connectivity index (χ1) is 15.3. The standard InChI is InChI=1S/C30H40N2.Ni/c1-7-9-11-12-14-28-27(13-10-8-2)29(25-17-21(3)15-22(4)18-25)32(31)30(28)26-19-23(5)16-24(6)20-26;/h15-20H,7-14H2,1-6H3;. The molecule has 2 aromatic carbocycles. The summed E-state index contributed by atoms with van der Waals surface area (Å²) >= 11 is 0. The molecular weight excluding hydrogens is 447 g/mol.